The Bertz CT molecular complexity index is 169. The molecule has 0 bridgehead atoms. The molecule has 0 spiro atoms. The highest BCUT2D eigenvalue weighted by atomic mass is 16.5. The maximum atomic E-state index is 11.5. The summed E-state index contributed by atoms with van der Waals surface area (Å²) in [4.78, 5) is 13.4. The van der Waals surface area contributed by atoms with E-state index in [1.54, 1.807) is 0 Å². The molecule has 0 heterocycles. The van der Waals surface area contributed by atoms with Crippen LogP contribution < -0.4 is 5.73 Å². The first-order valence-electron chi connectivity index (χ1n) is 4.86. The third-order valence-electron chi connectivity index (χ3n) is 2.11. The molecule has 1 amide bonds. The smallest absolute Gasteiger partial charge is 0.248 e. The monoisotopic (exact) mass is 186 g/mol. The van der Waals surface area contributed by atoms with E-state index in [1.807, 2.05) is 11.8 Å². The summed E-state index contributed by atoms with van der Waals surface area (Å²) in [6.45, 7) is 3.88. The highest BCUT2D eigenvalue weighted by Gasteiger charge is 2.31. The zero-order valence-electron chi connectivity index (χ0n) is 8.16. The highest BCUT2D eigenvalue weighted by molar-refractivity contribution is 5.78. The second kappa shape index (κ2) is 5.19. The summed E-state index contributed by atoms with van der Waals surface area (Å²) in [5.41, 5.74) is 5.43. The standard InChI is InChI=1S/C9H18N2O2/c1-2-13-7-9(12)11(6-5-10)8-3-4-8/h8H,2-7,10H2,1H3. The maximum Gasteiger partial charge on any atom is 0.248 e. The van der Waals surface area contributed by atoms with Gasteiger partial charge in [0.25, 0.3) is 0 Å². The SMILES string of the molecule is CCOCC(=O)N(CCN)C1CC1. The molecule has 0 aromatic rings. The van der Waals surface area contributed by atoms with Crippen molar-refractivity contribution < 1.29 is 9.53 Å². The molecule has 1 rings (SSSR count). The van der Waals surface area contributed by atoms with E-state index in [-0.39, 0.29) is 12.5 Å². The number of nitrogens with zero attached hydrogens (tertiary/aromatic N) is 1. The molecule has 13 heavy (non-hydrogen) atoms. The van der Waals surface area contributed by atoms with Crippen LogP contribution in [0.15, 0.2) is 0 Å². The first-order chi connectivity index (χ1) is 6.29. The predicted molar refractivity (Wildman–Crippen MR) is 50.3 cm³/mol. The van der Waals surface area contributed by atoms with Crippen LogP contribution in [0.4, 0.5) is 0 Å². The Morgan fingerprint density at radius 1 is 1.62 bits per heavy atom. The molecule has 1 saturated carbocycles. The fourth-order valence-corrected chi connectivity index (χ4v) is 1.31. The topological polar surface area (TPSA) is 55.6 Å². The number of carbonyl (C=O) groups is 1. The Hall–Kier alpha value is -0.610. The largest absolute Gasteiger partial charge is 0.372 e. The van der Waals surface area contributed by atoms with Crippen molar-refractivity contribution in [3.8, 4) is 0 Å². The van der Waals surface area contributed by atoms with Crippen LogP contribution in [0.2, 0.25) is 0 Å². The quantitative estimate of drug-likeness (QED) is 0.634. The van der Waals surface area contributed by atoms with Gasteiger partial charge in [-0.05, 0) is 19.8 Å². The molecule has 76 valence electrons. The van der Waals surface area contributed by atoms with Crippen LogP contribution in [0.3, 0.4) is 0 Å². The lowest BCUT2D eigenvalue weighted by molar-refractivity contribution is -0.136. The summed E-state index contributed by atoms with van der Waals surface area (Å²) in [6.07, 6.45) is 2.25. The van der Waals surface area contributed by atoms with Gasteiger partial charge in [-0.3, -0.25) is 4.79 Å². The molecule has 0 atom stereocenters. The van der Waals surface area contributed by atoms with Crippen molar-refractivity contribution in [1.29, 1.82) is 0 Å². The van der Waals surface area contributed by atoms with Crippen LogP contribution in [0, 0.1) is 0 Å². The number of hydrogen-bond donors (Lipinski definition) is 1. The van der Waals surface area contributed by atoms with E-state index in [0.717, 1.165) is 12.8 Å². The van der Waals surface area contributed by atoms with Gasteiger partial charge in [0, 0.05) is 25.7 Å². The molecule has 0 unspecified atom stereocenters. The van der Waals surface area contributed by atoms with E-state index in [1.165, 1.54) is 0 Å². The fourth-order valence-electron chi connectivity index (χ4n) is 1.31. The van der Waals surface area contributed by atoms with E-state index in [0.29, 0.717) is 25.7 Å². The van der Waals surface area contributed by atoms with Gasteiger partial charge in [-0.15, -0.1) is 0 Å². The minimum absolute atomic E-state index is 0.0785. The Morgan fingerprint density at radius 3 is 2.77 bits per heavy atom. The predicted octanol–water partition coefficient (Wildman–Crippen LogP) is -0.0274. The van der Waals surface area contributed by atoms with E-state index in [2.05, 4.69) is 0 Å². The Kier molecular flexibility index (Phi) is 4.18. The molecule has 1 fully saturated rings. The molecule has 0 aromatic carbocycles. The van der Waals surface area contributed by atoms with Crippen molar-refractivity contribution in [3.63, 3.8) is 0 Å². The minimum atomic E-state index is 0.0785. The normalized spacial score (nSPS) is 15.8. The number of amides is 1. The second-order valence-electron chi connectivity index (χ2n) is 3.24. The summed E-state index contributed by atoms with van der Waals surface area (Å²) < 4.78 is 5.07. The number of nitrogens with two attached hydrogens (primary N) is 1. The van der Waals surface area contributed by atoms with Crippen LogP contribution in [0.25, 0.3) is 0 Å². The van der Waals surface area contributed by atoms with Crippen LogP contribution in [-0.2, 0) is 9.53 Å². The number of ether oxygens (including phenoxy) is 1. The number of carbonyl (C=O) groups excluding carboxylic acids is 1. The van der Waals surface area contributed by atoms with E-state index in [4.69, 9.17) is 10.5 Å². The van der Waals surface area contributed by atoms with E-state index < -0.39 is 0 Å². The van der Waals surface area contributed by atoms with Crippen molar-refractivity contribution in [2.24, 2.45) is 5.73 Å². The van der Waals surface area contributed by atoms with Crippen molar-refractivity contribution in [3.05, 3.63) is 0 Å². The molecule has 1 aliphatic rings. The summed E-state index contributed by atoms with van der Waals surface area (Å²) in [6, 6.07) is 0.441. The van der Waals surface area contributed by atoms with Gasteiger partial charge >= 0.3 is 0 Å². The Balaban J connectivity index is 2.29. The summed E-state index contributed by atoms with van der Waals surface area (Å²) in [5, 5.41) is 0. The second-order valence-corrected chi connectivity index (χ2v) is 3.24. The van der Waals surface area contributed by atoms with E-state index >= 15 is 0 Å². The van der Waals surface area contributed by atoms with Gasteiger partial charge in [0.15, 0.2) is 0 Å². The van der Waals surface area contributed by atoms with Crippen LogP contribution >= 0.6 is 0 Å². The number of hydrogen-bond acceptors (Lipinski definition) is 3. The third-order valence-corrected chi connectivity index (χ3v) is 2.11. The molecule has 1 aliphatic carbocycles. The fraction of sp³-hybridized carbons (Fsp3) is 0.889. The molecule has 0 saturated heterocycles. The van der Waals surface area contributed by atoms with Crippen LogP contribution in [-0.4, -0.2) is 43.2 Å². The van der Waals surface area contributed by atoms with Crippen molar-refractivity contribution in [1.82, 2.24) is 4.90 Å². The molecular weight excluding hydrogens is 168 g/mol. The number of rotatable bonds is 6. The highest BCUT2D eigenvalue weighted by Crippen LogP contribution is 2.26. The van der Waals surface area contributed by atoms with Gasteiger partial charge in [-0.25, -0.2) is 0 Å². The third kappa shape index (κ3) is 3.32. The van der Waals surface area contributed by atoms with Crippen molar-refractivity contribution >= 4 is 5.91 Å². The zero-order chi connectivity index (χ0) is 9.68. The molecule has 2 N–H and O–H groups in total. The molecule has 0 aromatic heterocycles. The Labute approximate surface area is 79.0 Å². The minimum Gasteiger partial charge on any atom is -0.372 e. The maximum absolute atomic E-state index is 11.5. The first-order valence-corrected chi connectivity index (χ1v) is 4.86. The lowest BCUT2D eigenvalue weighted by atomic mass is 10.4. The van der Waals surface area contributed by atoms with Gasteiger partial charge in [0.05, 0.1) is 0 Å². The first kappa shape index (κ1) is 10.5. The summed E-state index contributed by atoms with van der Waals surface area (Å²) in [7, 11) is 0. The lowest BCUT2D eigenvalue weighted by Gasteiger charge is -2.21. The van der Waals surface area contributed by atoms with Crippen molar-refractivity contribution in [2.75, 3.05) is 26.3 Å². The van der Waals surface area contributed by atoms with Gasteiger partial charge in [0.1, 0.15) is 6.61 Å². The van der Waals surface area contributed by atoms with Gasteiger partial charge in [-0.2, -0.15) is 0 Å². The summed E-state index contributed by atoms with van der Waals surface area (Å²) >= 11 is 0. The van der Waals surface area contributed by atoms with Crippen LogP contribution in [0.5, 0.6) is 0 Å². The molecule has 0 radical (unpaired) electrons. The molecule has 4 heteroatoms. The lowest BCUT2D eigenvalue weighted by Crippen LogP contribution is -2.39. The Morgan fingerprint density at radius 2 is 2.31 bits per heavy atom. The average molecular weight is 186 g/mol. The molecule has 0 aliphatic heterocycles. The van der Waals surface area contributed by atoms with Gasteiger partial charge in [-0.1, -0.05) is 0 Å². The summed E-state index contributed by atoms with van der Waals surface area (Å²) in [5.74, 6) is 0.0785. The van der Waals surface area contributed by atoms with Crippen molar-refractivity contribution in [2.45, 2.75) is 25.8 Å². The van der Waals surface area contributed by atoms with Crippen LogP contribution in [0.1, 0.15) is 19.8 Å². The zero-order valence-corrected chi connectivity index (χ0v) is 8.16. The average Bonchev–Trinajstić information content (AvgIpc) is 2.93. The van der Waals surface area contributed by atoms with Gasteiger partial charge < -0.3 is 15.4 Å². The van der Waals surface area contributed by atoms with E-state index in [9.17, 15) is 4.79 Å². The molecule has 4 nitrogen and oxygen atoms in total. The van der Waals surface area contributed by atoms with Gasteiger partial charge in [0.2, 0.25) is 5.91 Å². The molecular formula is C9H18N2O2.